The summed E-state index contributed by atoms with van der Waals surface area (Å²) in [6.45, 7) is 5.72. The first-order valence-corrected chi connectivity index (χ1v) is 3.10. The zero-order valence-corrected chi connectivity index (χ0v) is 5.55. The molecule has 0 spiro atoms. The molecule has 1 heterocycles. The Bertz CT molecular complexity index is 181. The van der Waals surface area contributed by atoms with Crippen molar-refractivity contribution in [1.29, 1.82) is 0 Å². The third-order valence-electron chi connectivity index (χ3n) is 1.10. The second-order valence-corrected chi connectivity index (χ2v) is 2.03. The Hall–Kier alpha value is -0.790. The van der Waals surface area contributed by atoms with Crippen LogP contribution in [0.25, 0.3) is 0 Å². The molecule has 2 nitrogen and oxygen atoms in total. The maximum absolute atomic E-state index is 4.89. The molecule has 49 valence electrons. The SMILES string of the molecule is [CH2]c1cc(CCC)on1. The topological polar surface area (TPSA) is 26.0 Å². The monoisotopic (exact) mass is 124 g/mol. The average Bonchev–Trinajstić information content (AvgIpc) is 2.17. The molecule has 1 aromatic rings. The van der Waals surface area contributed by atoms with Gasteiger partial charge in [0, 0.05) is 12.5 Å². The average molecular weight is 124 g/mol. The third-order valence-corrected chi connectivity index (χ3v) is 1.10. The highest BCUT2D eigenvalue weighted by Crippen LogP contribution is 2.03. The summed E-state index contributed by atoms with van der Waals surface area (Å²) < 4.78 is 4.89. The summed E-state index contributed by atoms with van der Waals surface area (Å²) in [5.74, 6) is 0.933. The fourth-order valence-electron chi connectivity index (χ4n) is 0.720. The molecule has 0 fully saturated rings. The normalized spacial score (nSPS) is 10.0. The molecule has 0 aliphatic rings. The van der Waals surface area contributed by atoms with E-state index in [4.69, 9.17) is 4.52 Å². The molecule has 0 aromatic carbocycles. The zero-order valence-electron chi connectivity index (χ0n) is 5.55. The largest absolute Gasteiger partial charge is 0.361 e. The third kappa shape index (κ3) is 1.56. The van der Waals surface area contributed by atoms with Crippen molar-refractivity contribution in [3.8, 4) is 0 Å². The summed E-state index contributed by atoms with van der Waals surface area (Å²) in [7, 11) is 0. The summed E-state index contributed by atoms with van der Waals surface area (Å²) in [4.78, 5) is 0. The van der Waals surface area contributed by atoms with E-state index in [1.807, 2.05) is 6.07 Å². The molecule has 0 saturated heterocycles. The van der Waals surface area contributed by atoms with Crippen LogP contribution >= 0.6 is 0 Å². The van der Waals surface area contributed by atoms with Crippen LogP contribution in [-0.2, 0) is 6.42 Å². The van der Waals surface area contributed by atoms with Crippen molar-refractivity contribution in [2.45, 2.75) is 19.8 Å². The van der Waals surface area contributed by atoms with Crippen molar-refractivity contribution in [3.05, 3.63) is 24.4 Å². The van der Waals surface area contributed by atoms with E-state index >= 15 is 0 Å². The van der Waals surface area contributed by atoms with Gasteiger partial charge in [-0.25, -0.2) is 0 Å². The van der Waals surface area contributed by atoms with Crippen LogP contribution in [0.3, 0.4) is 0 Å². The van der Waals surface area contributed by atoms with Gasteiger partial charge in [0.25, 0.3) is 0 Å². The molecule has 1 radical (unpaired) electrons. The molecule has 0 bridgehead atoms. The number of hydrogen-bond acceptors (Lipinski definition) is 2. The smallest absolute Gasteiger partial charge is 0.136 e. The van der Waals surface area contributed by atoms with E-state index in [2.05, 4.69) is 19.0 Å². The van der Waals surface area contributed by atoms with E-state index in [9.17, 15) is 0 Å². The molecule has 0 aliphatic heterocycles. The van der Waals surface area contributed by atoms with Gasteiger partial charge in [0.05, 0.1) is 5.69 Å². The van der Waals surface area contributed by atoms with E-state index in [0.29, 0.717) is 0 Å². The van der Waals surface area contributed by atoms with Crippen LogP contribution in [0.2, 0.25) is 0 Å². The lowest BCUT2D eigenvalue weighted by molar-refractivity contribution is 0.380. The minimum absolute atomic E-state index is 0.721. The van der Waals surface area contributed by atoms with Crippen LogP contribution in [0.5, 0.6) is 0 Å². The summed E-state index contributed by atoms with van der Waals surface area (Å²) in [5.41, 5.74) is 0.721. The molecule has 0 saturated carbocycles. The van der Waals surface area contributed by atoms with Gasteiger partial charge in [-0.05, 0) is 13.3 Å². The van der Waals surface area contributed by atoms with Crippen LogP contribution in [0.1, 0.15) is 24.8 Å². The Morgan fingerprint density at radius 1 is 1.78 bits per heavy atom. The first-order valence-electron chi connectivity index (χ1n) is 3.10. The standard InChI is InChI=1S/C7H10NO/c1-3-4-7-5-6(2)8-9-7/h5H,2-4H2,1H3. The molecule has 2 heteroatoms. The molecule has 0 N–H and O–H groups in total. The van der Waals surface area contributed by atoms with Gasteiger partial charge in [-0.1, -0.05) is 12.1 Å². The van der Waals surface area contributed by atoms with Crippen molar-refractivity contribution in [2.24, 2.45) is 0 Å². The Morgan fingerprint density at radius 2 is 2.56 bits per heavy atom. The second-order valence-electron chi connectivity index (χ2n) is 2.03. The van der Waals surface area contributed by atoms with Gasteiger partial charge in [0.15, 0.2) is 0 Å². The number of nitrogens with zero attached hydrogens (tertiary/aromatic N) is 1. The van der Waals surface area contributed by atoms with Crippen LogP contribution < -0.4 is 0 Å². The first-order chi connectivity index (χ1) is 4.33. The van der Waals surface area contributed by atoms with Gasteiger partial charge in [-0.3, -0.25) is 0 Å². The number of aromatic nitrogens is 1. The van der Waals surface area contributed by atoms with E-state index in [1.54, 1.807) is 0 Å². The molecule has 0 unspecified atom stereocenters. The highest BCUT2D eigenvalue weighted by Gasteiger charge is 1.96. The highest BCUT2D eigenvalue weighted by molar-refractivity contribution is 5.07. The zero-order chi connectivity index (χ0) is 6.69. The van der Waals surface area contributed by atoms with Crippen molar-refractivity contribution in [3.63, 3.8) is 0 Å². The number of aryl methyl sites for hydroxylation is 1. The second kappa shape index (κ2) is 2.67. The van der Waals surface area contributed by atoms with Crippen LogP contribution in [0.4, 0.5) is 0 Å². The fourth-order valence-corrected chi connectivity index (χ4v) is 0.720. The first kappa shape index (κ1) is 6.33. The molecule has 1 rings (SSSR count). The highest BCUT2D eigenvalue weighted by atomic mass is 16.5. The van der Waals surface area contributed by atoms with E-state index in [-0.39, 0.29) is 0 Å². The van der Waals surface area contributed by atoms with Gasteiger partial charge in [-0.15, -0.1) is 0 Å². The lowest BCUT2D eigenvalue weighted by atomic mass is 10.2. The summed E-state index contributed by atoms with van der Waals surface area (Å²) in [6, 6.07) is 1.86. The molecule has 0 atom stereocenters. The predicted octanol–water partition coefficient (Wildman–Crippen LogP) is 1.81. The minimum atomic E-state index is 0.721. The molecule has 0 aliphatic carbocycles. The fraction of sp³-hybridized carbons (Fsp3) is 0.429. The van der Waals surface area contributed by atoms with Crippen molar-refractivity contribution < 1.29 is 4.52 Å². The predicted molar refractivity (Wildman–Crippen MR) is 35.0 cm³/mol. The van der Waals surface area contributed by atoms with E-state index < -0.39 is 0 Å². The molecule has 1 aromatic heterocycles. The van der Waals surface area contributed by atoms with Gasteiger partial charge in [0.2, 0.25) is 0 Å². The summed E-state index contributed by atoms with van der Waals surface area (Å²) >= 11 is 0. The van der Waals surface area contributed by atoms with Crippen molar-refractivity contribution in [2.75, 3.05) is 0 Å². The Balaban J connectivity index is 2.61. The quantitative estimate of drug-likeness (QED) is 0.601. The van der Waals surface area contributed by atoms with Crippen molar-refractivity contribution >= 4 is 0 Å². The van der Waals surface area contributed by atoms with Gasteiger partial charge in [-0.2, -0.15) is 0 Å². The van der Waals surface area contributed by atoms with Crippen LogP contribution in [0.15, 0.2) is 10.6 Å². The van der Waals surface area contributed by atoms with Gasteiger partial charge < -0.3 is 4.52 Å². The van der Waals surface area contributed by atoms with Crippen molar-refractivity contribution in [1.82, 2.24) is 5.16 Å². The van der Waals surface area contributed by atoms with Gasteiger partial charge >= 0.3 is 0 Å². The summed E-state index contributed by atoms with van der Waals surface area (Å²) in [6.07, 6.45) is 2.05. The molecular weight excluding hydrogens is 114 g/mol. The van der Waals surface area contributed by atoms with Crippen LogP contribution in [0, 0.1) is 6.92 Å². The molecular formula is C7H10NO. The maximum Gasteiger partial charge on any atom is 0.136 e. The Kier molecular flexibility index (Phi) is 1.88. The van der Waals surface area contributed by atoms with Crippen LogP contribution in [-0.4, -0.2) is 5.16 Å². The van der Waals surface area contributed by atoms with E-state index in [0.717, 1.165) is 24.3 Å². The molecule has 0 amide bonds. The Labute approximate surface area is 54.9 Å². The lowest BCUT2D eigenvalue weighted by Gasteiger charge is -1.83. The number of rotatable bonds is 2. The minimum Gasteiger partial charge on any atom is -0.361 e. The van der Waals surface area contributed by atoms with E-state index in [1.165, 1.54) is 0 Å². The summed E-state index contributed by atoms with van der Waals surface area (Å²) in [5, 5.41) is 3.65. The lowest BCUT2D eigenvalue weighted by Crippen LogP contribution is -1.74. The van der Waals surface area contributed by atoms with Gasteiger partial charge in [0.1, 0.15) is 5.76 Å². The maximum atomic E-state index is 4.89. The Morgan fingerprint density at radius 3 is 3.00 bits per heavy atom. The molecule has 9 heavy (non-hydrogen) atoms. The number of hydrogen-bond donors (Lipinski definition) is 0.